The molecule has 0 saturated heterocycles. The summed E-state index contributed by atoms with van der Waals surface area (Å²) in [7, 11) is 3.98. The molecule has 128 valence electrons. The van der Waals surface area contributed by atoms with Gasteiger partial charge < -0.3 is 15.1 Å². The van der Waals surface area contributed by atoms with Gasteiger partial charge in [-0.1, -0.05) is 17.7 Å². The Hall–Kier alpha value is -2.11. The number of urea groups is 1. The van der Waals surface area contributed by atoms with Gasteiger partial charge in [-0.3, -0.25) is 4.98 Å². The van der Waals surface area contributed by atoms with Crippen molar-refractivity contribution in [1.82, 2.24) is 14.8 Å². The van der Waals surface area contributed by atoms with Crippen molar-refractivity contribution >= 4 is 23.3 Å². The summed E-state index contributed by atoms with van der Waals surface area (Å²) in [6.07, 6.45) is 3.47. The zero-order valence-corrected chi connectivity index (χ0v) is 15.0. The Morgan fingerprint density at radius 2 is 1.88 bits per heavy atom. The molecule has 1 aromatic heterocycles. The lowest BCUT2D eigenvalue weighted by atomic mass is 10.2. The van der Waals surface area contributed by atoms with Gasteiger partial charge in [-0.25, -0.2) is 4.79 Å². The highest BCUT2D eigenvalue weighted by atomic mass is 35.5. The van der Waals surface area contributed by atoms with Crippen LogP contribution >= 0.6 is 11.6 Å². The second-order valence-corrected chi connectivity index (χ2v) is 6.33. The number of nitrogens with zero attached hydrogens (tertiary/aromatic N) is 3. The molecule has 2 aromatic rings. The van der Waals surface area contributed by atoms with Crippen LogP contribution in [-0.4, -0.2) is 48.0 Å². The van der Waals surface area contributed by atoms with Gasteiger partial charge in [-0.2, -0.15) is 0 Å². The summed E-state index contributed by atoms with van der Waals surface area (Å²) >= 11 is 6.13. The molecule has 0 saturated carbocycles. The van der Waals surface area contributed by atoms with Crippen LogP contribution in [0.4, 0.5) is 10.5 Å². The van der Waals surface area contributed by atoms with E-state index in [4.69, 9.17) is 11.6 Å². The van der Waals surface area contributed by atoms with Crippen LogP contribution in [0.5, 0.6) is 0 Å². The van der Waals surface area contributed by atoms with Crippen LogP contribution in [0.2, 0.25) is 5.02 Å². The molecule has 0 fully saturated rings. The van der Waals surface area contributed by atoms with E-state index in [9.17, 15) is 4.79 Å². The number of pyridine rings is 1. The van der Waals surface area contributed by atoms with E-state index in [0.29, 0.717) is 18.1 Å². The predicted octanol–water partition coefficient (Wildman–Crippen LogP) is 3.64. The van der Waals surface area contributed by atoms with Crippen molar-refractivity contribution in [3.63, 3.8) is 0 Å². The molecule has 0 atom stereocenters. The molecule has 0 radical (unpaired) electrons. The Bertz CT molecular complexity index is 676. The van der Waals surface area contributed by atoms with Crippen molar-refractivity contribution in [1.29, 1.82) is 0 Å². The van der Waals surface area contributed by atoms with Crippen LogP contribution in [0.25, 0.3) is 0 Å². The van der Waals surface area contributed by atoms with Gasteiger partial charge in [0.1, 0.15) is 0 Å². The van der Waals surface area contributed by atoms with Crippen LogP contribution in [0, 0.1) is 6.92 Å². The Labute approximate surface area is 148 Å². The summed E-state index contributed by atoms with van der Waals surface area (Å²) in [5.41, 5.74) is 2.64. The molecule has 2 amide bonds. The number of likely N-dealkylation sites (N-methyl/N-ethyl adjacent to an activating group) is 1. The van der Waals surface area contributed by atoms with Gasteiger partial charge >= 0.3 is 6.03 Å². The first-order valence-corrected chi connectivity index (χ1v) is 8.20. The van der Waals surface area contributed by atoms with Crippen LogP contribution in [-0.2, 0) is 6.54 Å². The number of aromatic nitrogens is 1. The van der Waals surface area contributed by atoms with E-state index in [1.165, 1.54) is 0 Å². The topological polar surface area (TPSA) is 48.5 Å². The molecule has 0 spiro atoms. The first-order chi connectivity index (χ1) is 11.5. The summed E-state index contributed by atoms with van der Waals surface area (Å²) < 4.78 is 0. The van der Waals surface area contributed by atoms with Gasteiger partial charge in [0.15, 0.2) is 0 Å². The van der Waals surface area contributed by atoms with Crippen molar-refractivity contribution in [3.8, 4) is 0 Å². The smallest absolute Gasteiger partial charge is 0.319 e. The Morgan fingerprint density at radius 3 is 2.54 bits per heavy atom. The third-order valence-electron chi connectivity index (χ3n) is 3.74. The largest absolute Gasteiger partial charge is 0.322 e. The molecule has 0 aliphatic heterocycles. The van der Waals surface area contributed by atoms with E-state index < -0.39 is 0 Å². The van der Waals surface area contributed by atoms with Gasteiger partial charge in [0.25, 0.3) is 0 Å². The molecule has 1 N–H and O–H groups in total. The number of rotatable bonds is 6. The average Bonchev–Trinajstić information content (AvgIpc) is 2.56. The molecule has 0 aliphatic rings. The van der Waals surface area contributed by atoms with E-state index in [1.807, 2.05) is 51.4 Å². The first kappa shape index (κ1) is 18.2. The lowest BCUT2D eigenvalue weighted by Gasteiger charge is -2.25. The molecule has 6 heteroatoms. The average molecular weight is 347 g/mol. The minimum atomic E-state index is -0.140. The number of nitrogens with one attached hydrogen (secondary N) is 1. The highest BCUT2D eigenvalue weighted by Gasteiger charge is 2.15. The molecule has 2 rings (SSSR count). The minimum Gasteiger partial charge on any atom is -0.319 e. The van der Waals surface area contributed by atoms with E-state index in [2.05, 4.69) is 15.2 Å². The summed E-state index contributed by atoms with van der Waals surface area (Å²) in [6.45, 7) is 3.83. The van der Waals surface area contributed by atoms with Crippen molar-refractivity contribution in [2.45, 2.75) is 13.5 Å². The fourth-order valence-corrected chi connectivity index (χ4v) is 2.39. The molecule has 1 heterocycles. The normalized spacial score (nSPS) is 10.7. The monoisotopic (exact) mass is 346 g/mol. The Kier molecular flexibility index (Phi) is 6.58. The van der Waals surface area contributed by atoms with Crippen LogP contribution in [0.1, 0.15) is 11.1 Å². The molecule has 0 aliphatic carbocycles. The summed E-state index contributed by atoms with van der Waals surface area (Å²) in [4.78, 5) is 20.6. The number of benzene rings is 1. The van der Waals surface area contributed by atoms with E-state index in [0.717, 1.165) is 23.4 Å². The van der Waals surface area contributed by atoms with Crippen molar-refractivity contribution in [3.05, 3.63) is 58.9 Å². The second-order valence-electron chi connectivity index (χ2n) is 5.92. The molecular weight excluding hydrogens is 324 g/mol. The van der Waals surface area contributed by atoms with Gasteiger partial charge in [0.2, 0.25) is 0 Å². The van der Waals surface area contributed by atoms with Crippen molar-refractivity contribution < 1.29 is 4.79 Å². The third kappa shape index (κ3) is 5.22. The lowest BCUT2D eigenvalue weighted by Crippen LogP contribution is -2.39. The number of anilines is 1. The maximum absolute atomic E-state index is 12.7. The standard InChI is InChI=1S/C18H23ClN4O/c1-14-16(19)5-4-6-17(14)21-18(24)23(12-11-22(2)3)13-15-7-9-20-10-8-15/h4-10H,11-13H2,1-3H3,(H,21,24). The number of carbonyl (C=O) groups is 1. The van der Waals surface area contributed by atoms with Crippen LogP contribution in [0.3, 0.4) is 0 Å². The summed E-state index contributed by atoms with van der Waals surface area (Å²) in [5.74, 6) is 0. The third-order valence-corrected chi connectivity index (χ3v) is 4.15. The zero-order valence-electron chi connectivity index (χ0n) is 14.3. The molecular formula is C18H23ClN4O. The molecule has 0 unspecified atom stereocenters. The summed E-state index contributed by atoms with van der Waals surface area (Å²) in [6, 6.07) is 9.20. The highest BCUT2D eigenvalue weighted by Crippen LogP contribution is 2.23. The van der Waals surface area contributed by atoms with Crippen molar-refractivity contribution in [2.75, 3.05) is 32.5 Å². The number of hydrogen-bond acceptors (Lipinski definition) is 3. The van der Waals surface area contributed by atoms with E-state index in [-0.39, 0.29) is 6.03 Å². The number of amides is 2. The SMILES string of the molecule is Cc1c(Cl)cccc1NC(=O)N(CCN(C)C)Cc1ccncc1. The van der Waals surface area contributed by atoms with Crippen LogP contribution in [0.15, 0.2) is 42.7 Å². The fourth-order valence-electron chi connectivity index (χ4n) is 2.22. The number of carbonyl (C=O) groups excluding carboxylic acids is 1. The second kappa shape index (κ2) is 8.66. The first-order valence-electron chi connectivity index (χ1n) is 7.82. The van der Waals surface area contributed by atoms with Gasteiger partial charge in [0, 0.05) is 42.7 Å². The molecule has 5 nitrogen and oxygen atoms in total. The highest BCUT2D eigenvalue weighted by molar-refractivity contribution is 6.31. The van der Waals surface area contributed by atoms with Crippen LogP contribution < -0.4 is 5.32 Å². The molecule has 24 heavy (non-hydrogen) atoms. The van der Waals surface area contributed by atoms with E-state index >= 15 is 0 Å². The Balaban J connectivity index is 2.12. The van der Waals surface area contributed by atoms with Crippen molar-refractivity contribution in [2.24, 2.45) is 0 Å². The number of halogens is 1. The summed E-state index contributed by atoms with van der Waals surface area (Å²) in [5, 5.41) is 3.60. The minimum absolute atomic E-state index is 0.140. The lowest BCUT2D eigenvalue weighted by molar-refractivity contribution is 0.202. The van der Waals surface area contributed by atoms with E-state index in [1.54, 1.807) is 17.3 Å². The predicted molar refractivity (Wildman–Crippen MR) is 98.4 cm³/mol. The maximum atomic E-state index is 12.7. The molecule has 0 bridgehead atoms. The quantitative estimate of drug-likeness (QED) is 0.868. The maximum Gasteiger partial charge on any atom is 0.322 e. The van der Waals surface area contributed by atoms with Gasteiger partial charge in [-0.15, -0.1) is 0 Å². The van der Waals surface area contributed by atoms with Gasteiger partial charge in [-0.05, 0) is 56.4 Å². The Morgan fingerprint density at radius 1 is 1.17 bits per heavy atom. The van der Waals surface area contributed by atoms with Gasteiger partial charge in [0.05, 0.1) is 0 Å². The molecule has 1 aromatic carbocycles. The zero-order chi connectivity index (χ0) is 17.5. The number of hydrogen-bond donors (Lipinski definition) is 1. The fraction of sp³-hybridized carbons (Fsp3) is 0.333.